The quantitative estimate of drug-likeness (QED) is 0.746. The third-order valence-electron chi connectivity index (χ3n) is 3.36. The number of aliphatic hydroxyl groups excluding tert-OH is 1. The number of amides is 2. The zero-order chi connectivity index (χ0) is 18.2. The van der Waals surface area contributed by atoms with E-state index in [1.54, 1.807) is 27.8 Å². The lowest BCUT2D eigenvalue weighted by Crippen LogP contribution is -2.50. The van der Waals surface area contributed by atoms with Crippen LogP contribution in [0.25, 0.3) is 0 Å². The second kappa shape index (κ2) is 9.27. The zero-order valence-corrected chi connectivity index (χ0v) is 14.9. The van der Waals surface area contributed by atoms with E-state index in [0.717, 1.165) is 5.56 Å². The summed E-state index contributed by atoms with van der Waals surface area (Å²) >= 11 is 0. The molecule has 0 saturated heterocycles. The van der Waals surface area contributed by atoms with Crippen molar-refractivity contribution in [3.05, 3.63) is 35.9 Å². The molecule has 134 valence electrons. The highest BCUT2D eigenvalue weighted by molar-refractivity contribution is 5.85. The van der Waals surface area contributed by atoms with Gasteiger partial charge in [0.2, 0.25) is 5.91 Å². The lowest BCUT2D eigenvalue weighted by Gasteiger charge is -2.30. The Kier molecular flexibility index (Phi) is 7.71. The Morgan fingerprint density at radius 1 is 1.25 bits per heavy atom. The summed E-state index contributed by atoms with van der Waals surface area (Å²) in [6.45, 7) is 5.72. The minimum absolute atomic E-state index is 0.00549. The number of hydrogen-bond donors (Lipinski definition) is 2. The number of aliphatic hydroxyl groups is 1. The predicted molar refractivity (Wildman–Crippen MR) is 92.6 cm³/mol. The van der Waals surface area contributed by atoms with E-state index in [1.807, 2.05) is 30.3 Å². The molecule has 24 heavy (non-hydrogen) atoms. The van der Waals surface area contributed by atoms with Crippen molar-refractivity contribution in [3.63, 3.8) is 0 Å². The van der Waals surface area contributed by atoms with E-state index in [9.17, 15) is 9.59 Å². The first-order valence-corrected chi connectivity index (χ1v) is 8.13. The smallest absolute Gasteiger partial charge is 0.410 e. The molecule has 2 amide bonds. The van der Waals surface area contributed by atoms with Gasteiger partial charge in [-0.25, -0.2) is 4.79 Å². The molecule has 0 aliphatic rings. The van der Waals surface area contributed by atoms with Gasteiger partial charge >= 0.3 is 6.09 Å². The van der Waals surface area contributed by atoms with Crippen LogP contribution in [-0.4, -0.2) is 53.8 Å². The third-order valence-corrected chi connectivity index (χ3v) is 3.36. The Balaban J connectivity index is 2.86. The van der Waals surface area contributed by atoms with E-state index >= 15 is 0 Å². The van der Waals surface area contributed by atoms with E-state index in [4.69, 9.17) is 9.84 Å². The van der Waals surface area contributed by atoms with Crippen molar-refractivity contribution in [2.75, 3.05) is 20.2 Å². The van der Waals surface area contributed by atoms with Gasteiger partial charge in [-0.3, -0.25) is 9.69 Å². The average molecular weight is 336 g/mol. The summed E-state index contributed by atoms with van der Waals surface area (Å²) in [6.07, 6.45) is 0.322. The molecule has 1 atom stereocenters. The third kappa shape index (κ3) is 7.00. The van der Waals surface area contributed by atoms with E-state index < -0.39 is 17.7 Å². The summed E-state index contributed by atoms with van der Waals surface area (Å²) in [5.74, 6) is -0.263. The fraction of sp³-hybridized carbons (Fsp3) is 0.556. The minimum Gasteiger partial charge on any atom is -0.444 e. The monoisotopic (exact) mass is 336 g/mol. The zero-order valence-electron chi connectivity index (χ0n) is 14.9. The highest BCUT2D eigenvalue weighted by Crippen LogP contribution is 2.14. The van der Waals surface area contributed by atoms with Gasteiger partial charge in [-0.15, -0.1) is 0 Å². The number of nitrogens with zero attached hydrogens (tertiary/aromatic N) is 1. The van der Waals surface area contributed by atoms with Gasteiger partial charge in [0.25, 0.3) is 0 Å². The van der Waals surface area contributed by atoms with Crippen LogP contribution in [0.1, 0.15) is 32.8 Å². The Labute approximate surface area is 143 Å². The first-order valence-electron chi connectivity index (χ1n) is 8.13. The van der Waals surface area contributed by atoms with E-state index in [1.165, 1.54) is 4.90 Å². The van der Waals surface area contributed by atoms with Gasteiger partial charge in [-0.1, -0.05) is 30.3 Å². The standard InChI is InChI=1S/C18H28N2O4/c1-18(2,3)24-17(23)20(4)15(16(22)19-11-8-12-21)13-14-9-6-5-7-10-14/h5-7,9-10,15,21H,8,11-13H2,1-4H3,(H,19,22). The SMILES string of the molecule is CN(C(=O)OC(C)(C)C)C(Cc1ccccc1)C(=O)NCCCO. The number of ether oxygens (including phenoxy) is 1. The Morgan fingerprint density at radius 2 is 1.88 bits per heavy atom. The van der Waals surface area contributed by atoms with Crippen molar-refractivity contribution in [3.8, 4) is 0 Å². The molecule has 6 nitrogen and oxygen atoms in total. The van der Waals surface area contributed by atoms with Crippen molar-refractivity contribution in [1.29, 1.82) is 0 Å². The van der Waals surface area contributed by atoms with E-state index in [-0.39, 0.29) is 12.5 Å². The van der Waals surface area contributed by atoms with Crippen molar-refractivity contribution in [1.82, 2.24) is 10.2 Å². The molecule has 0 fully saturated rings. The maximum absolute atomic E-state index is 12.5. The average Bonchev–Trinajstić information content (AvgIpc) is 2.51. The molecule has 6 heteroatoms. The summed E-state index contributed by atoms with van der Waals surface area (Å²) in [5, 5.41) is 11.6. The van der Waals surface area contributed by atoms with Crippen molar-refractivity contribution in [2.24, 2.45) is 0 Å². The number of benzene rings is 1. The van der Waals surface area contributed by atoms with Crippen LogP contribution in [-0.2, 0) is 16.0 Å². The van der Waals surface area contributed by atoms with Gasteiger partial charge in [-0.05, 0) is 32.8 Å². The summed E-state index contributed by atoms with van der Waals surface area (Å²) < 4.78 is 5.36. The topological polar surface area (TPSA) is 78.9 Å². The number of rotatable bonds is 7. The minimum atomic E-state index is -0.680. The highest BCUT2D eigenvalue weighted by Gasteiger charge is 2.30. The first-order chi connectivity index (χ1) is 11.2. The number of carbonyl (C=O) groups is 2. The molecule has 0 aromatic heterocycles. The van der Waals surface area contributed by atoms with Crippen LogP contribution in [0.5, 0.6) is 0 Å². The Bertz CT molecular complexity index is 526. The number of likely N-dealkylation sites (N-methyl/N-ethyl adjacent to an activating group) is 1. The predicted octanol–water partition coefficient (Wildman–Crippen LogP) is 1.96. The molecule has 0 aliphatic heterocycles. The van der Waals surface area contributed by atoms with Gasteiger partial charge in [0.1, 0.15) is 11.6 Å². The lowest BCUT2D eigenvalue weighted by atomic mass is 10.0. The van der Waals surface area contributed by atoms with Gasteiger partial charge in [0.15, 0.2) is 0 Å². The maximum atomic E-state index is 12.5. The molecule has 1 rings (SSSR count). The number of nitrogens with one attached hydrogen (secondary N) is 1. The normalized spacial score (nSPS) is 12.4. The number of hydrogen-bond acceptors (Lipinski definition) is 4. The summed E-state index contributed by atoms with van der Waals surface area (Å²) in [4.78, 5) is 26.1. The molecule has 1 aromatic carbocycles. The van der Waals surface area contributed by atoms with E-state index in [2.05, 4.69) is 5.32 Å². The fourth-order valence-corrected chi connectivity index (χ4v) is 2.11. The van der Waals surface area contributed by atoms with Crippen LogP contribution in [0.15, 0.2) is 30.3 Å². The van der Waals surface area contributed by atoms with Crippen molar-refractivity contribution in [2.45, 2.75) is 45.3 Å². The van der Waals surface area contributed by atoms with E-state index in [0.29, 0.717) is 19.4 Å². The molecule has 0 aliphatic carbocycles. The highest BCUT2D eigenvalue weighted by atomic mass is 16.6. The molecule has 2 N–H and O–H groups in total. The van der Waals surface area contributed by atoms with Crippen LogP contribution in [0, 0.1) is 0 Å². The molecule has 0 saturated carbocycles. The lowest BCUT2D eigenvalue weighted by molar-refractivity contribution is -0.126. The van der Waals surface area contributed by atoms with Crippen LogP contribution in [0.3, 0.4) is 0 Å². The summed E-state index contributed by atoms with van der Waals surface area (Å²) in [6, 6.07) is 8.83. The van der Waals surface area contributed by atoms with Crippen molar-refractivity contribution < 1.29 is 19.4 Å². The second-order valence-electron chi connectivity index (χ2n) is 6.66. The first kappa shape index (κ1) is 20.0. The van der Waals surface area contributed by atoms with Gasteiger partial charge in [0, 0.05) is 26.6 Å². The van der Waals surface area contributed by atoms with Crippen LogP contribution < -0.4 is 5.32 Å². The van der Waals surface area contributed by atoms with Crippen LogP contribution in [0.2, 0.25) is 0 Å². The molecule has 0 spiro atoms. The molecule has 1 aromatic rings. The molecule has 0 bridgehead atoms. The largest absolute Gasteiger partial charge is 0.444 e. The second-order valence-corrected chi connectivity index (χ2v) is 6.66. The maximum Gasteiger partial charge on any atom is 0.410 e. The fourth-order valence-electron chi connectivity index (χ4n) is 2.11. The molecule has 0 radical (unpaired) electrons. The van der Waals surface area contributed by atoms with Gasteiger partial charge in [0.05, 0.1) is 0 Å². The van der Waals surface area contributed by atoms with Crippen molar-refractivity contribution >= 4 is 12.0 Å². The molecule has 1 unspecified atom stereocenters. The van der Waals surface area contributed by atoms with Gasteiger partial charge < -0.3 is 15.2 Å². The van der Waals surface area contributed by atoms with Crippen LogP contribution >= 0.6 is 0 Å². The number of carbonyl (C=O) groups excluding carboxylic acids is 2. The molecular formula is C18H28N2O4. The summed E-state index contributed by atoms with van der Waals surface area (Å²) in [7, 11) is 1.56. The Hall–Kier alpha value is -2.08. The summed E-state index contributed by atoms with van der Waals surface area (Å²) in [5.41, 5.74) is 0.325. The van der Waals surface area contributed by atoms with Crippen LogP contribution in [0.4, 0.5) is 4.79 Å². The van der Waals surface area contributed by atoms with Gasteiger partial charge in [-0.2, -0.15) is 0 Å². The Morgan fingerprint density at radius 3 is 2.42 bits per heavy atom. The molecular weight excluding hydrogens is 308 g/mol. The molecule has 0 heterocycles.